The first-order valence-corrected chi connectivity index (χ1v) is 6.98. The maximum atomic E-state index is 6.17. The summed E-state index contributed by atoms with van der Waals surface area (Å²) in [7, 11) is 0. The predicted octanol–water partition coefficient (Wildman–Crippen LogP) is 3.06. The van der Waals surface area contributed by atoms with Crippen LogP contribution in [0.1, 0.15) is 37.5 Å². The van der Waals surface area contributed by atoms with E-state index in [-0.39, 0.29) is 6.04 Å². The van der Waals surface area contributed by atoms with Crippen LogP contribution in [0.25, 0.3) is 11.3 Å². The molecular formula is C15H20N4. The highest BCUT2D eigenvalue weighted by Gasteiger charge is 2.13. The smallest absolute Gasteiger partial charge is 0.123 e. The zero-order valence-corrected chi connectivity index (χ0v) is 11.0. The molecule has 4 nitrogen and oxygen atoms in total. The Morgan fingerprint density at radius 1 is 1.16 bits per heavy atom. The number of rotatable bonds is 0. The molecule has 2 bridgehead atoms. The summed E-state index contributed by atoms with van der Waals surface area (Å²) in [5.41, 5.74) is 9.53. The van der Waals surface area contributed by atoms with Crippen LogP contribution in [-0.2, 0) is 0 Å². The Labute approximate surface area is 113 Å². The first kappa shape index (κ1) is 12.2. The van der Waals surface area contributed by atoms with Gasteiger partial charge >= 0.3 is 0 Å². The topological polar surface area (TPSA) is 66.7 Å². The van der Waals surface area contributed by atoms with Crippen molar-refractivity contribution in [2.24, 2.45) is 5.73 Å². The molecule has 0 fully saturated rings. The summed E-state index contributed by atoms with van der Waals surface area (Å²) >= 11 is 0. The maximum absolute atomic E-state index is 6.17. The third-order valence-corrected chi connectivity index (χ3v) is 3.67. The van der Waals surface area contributed by atoms with Gasteiger partial charge in [0.05, 0.1) is 17.9 Å². The number of benzene rings is 1. The Morgan fingerprint density at radius 3 is 3.00 bits per heavy atom. The van der Waals surface area contributed by atoms with Gasteiger partial charge in [0.25, 0.3) is 0 Å². The largest absolute Gasteiger partial charge is 0.384 e. The van der Waals surface area contributed by atoms with Crippen LogP contribution in [0.2, 0.25) is 0 Å². The molecule has 0 saturated heterocycles. The summed E-state index contributed by atoms with van der Waals surface area (Å²) in [6.45, 7) is 1.01. The van der Waals surface area contributed by atoms with Gasteiger partial charge in [0.1, 0.15) is 5.82 Å². The summed E-state index contributed by atoms with van der Waals surface area (Å²) in [4.78, 5) is 7.79. The van der Waals surface area contributed by atoms with Crippen LogP contribution >= 0.6 is 0 Å². The molecule has 0 radical (unpaired) electrons. The van der Waals surface area contributed by atoms with Crippen LogP contribution in [0.4, 0.5) is 5.69 Å². The second-order valence-corrected chi connectivity index (χ2v) is 5.11. The van der Waals surface area contributed by atoms with Crippen molar-refractivity contribution >= 4 is 5.69 Å². The molecular weight excluding hydrogens is 236 g/mol. The van der Waals surface area contributed by atoms with Crippen LogP contribution in [-0.4, -0.2) is 16.5 Å². The average molecular weight is 256 g/mol. The summed E-state index contributed by atoms with van der Waals surface area (Å²) < 4.78 is 0. The Kier molecular flexibility index (Phi) is 3.51. The molecule has 4 N–H and O–H groups in total. The third-order valence-electron chi connectivity index (χ3n) is 3.67. The standard InChI is InChI=1S/C15H20N4/c16-12-7-2-1-5-9-17-13-8-4-3-6-11(13)14-10-18-15(12)19-14/h3-4,6,8,10,12,17H,1-2,5,7,9,16H2,(H,18,19). The number of H-pyrrole nitrogens is 1. The summed E-state index contributed by atoms with van der Waals surface area (Å²) in [5.74, 6) is 0.894. The number of aromatic nitrogens is 2. The van der Waals surface area contributed by atoms with E-state index in [4.69, 9.17) is 5.73 Å². The first-order chi connectivity index (χ1) is 9.34. The van der Waals surface area contributed by atoms with Gasteiger partial charge in [-0.3, -0.25) is 0 Å². The molecule has 3 rings (SSSR count). The fraction of sp³-hybridized carbons (Fsp3) is 0.400. The molecule has 1 aromatic heterocycles. The molecule has 0 aliphatic carbocycles. The number of nitrogens with zero attached hydrogens (tertiary/aromatic N) is 1. The van der Waals surface area contributed by atoms with E-state index in [9.17, 15) is 0 Å². The van der Waals surface area contributed by atoms with Gasteiger partial charge < -0.3 is 16.0 Å². The monoisotopic (exact) mass is 256 g/mol. The van der Waals surface area contributed by atoms with Crippen molar-refractivity contribution in [2.75, 3.05) is 11.9 Å². The number of para-hydroxylation sites is 1. The van der Waals surface area contributed by atoms with Crippen LogP contribution in [0.15, 0.2) is 30.5 Å². The van der Waals surface area contributed by atoms with Crippen molar-refractivity contribution in [3.63, 3.8) is 0 Å². The number of anilines is 1. The number of fused-ring (bicyclic) bond motifs is 4. The third kappa shape index (κ3) is 2.63. The van der Waals surface area contributed by atoms with Crippen molar-refractivity contribution in [3.8, 4) is 11.3 Å². The molecule has 1 atom stereocenters. The molecule has 1 aromatic carbocycles. The molecule has 2 aromatic rings. The van der Waals surface area contributed by atoms with Crippen LogP contribution in [0.3, 0.4) is 0 Å². The molecule has 0 spiro atoms. The van der Waals surface area contributed by atoms with E-state index in [2.05, 4.69) is 33.5 Å². The van der Waals surface area contributed by atoms with E-state index in [0.29, 0.717) is 0 Å². The number of aromatic amines is 1. The van der Waals surface area contributed by atoms with Crippen LogP contribution in [0, 0.1) is 0 Å². The van der Waals surface area contributed by atoms with Gasteiger partial charge in [-0.25, -0.2) is 4.98 Å². The lowest BCUT2D eigenvalue weighted by Crippen LogP contribution is -2.12. The van der Waals surface area contributed by atoms with Gasteiger partial charge in [0.2, 0.25) is 0 Å². The zero-order valence-electron chi connectivity index (χ0n) is 11.0. The van der Waals surface area contributed by atoms with Gasteiger partial charge in [-0.05, 0) is 18.9 Å². The van der Waals surface area contributed by atoms with Crippen LogP contribution in [0.5, 0.6) is 0 Å². The quantitative estimate of drug-likeness (QED) is 0.678. The van der Waals surface area contributed by atoms with Gasteiger partial charge in [-0.2, -0.15) is 0 Å². The Balaban J connectivity index is 2.00. The molecule has 100 valence electrons. The number of nitrogens with two attached hydrogens (primary N) is 1. The summed E-state index contributed by atoms with van der Waals surface area (Å²) in [5, 5.41) is 3.51. The van der Waals surface area contributed by atoms with Crippen molar-refractivity contribution in [2.45, 2.75) is 31.7 Å². The zero-order chi connectivity index (χ0) is 13.1. The Bertz CT molecular complexity index is 547. The molecule has 1 unspecified atom stereocenters. The van der Waals surface area contributed by atoms with Gasteiger partial charge in [0, 0.05) is 17.8 Å². The average Bonchev–Trinajstić information content (AvgIpc) is 2.91. The van der Waals surface area contributed by atoms with E-state index in [0.717, 1.165) is 42.2 Å². The number of hydrogen-bond donors (Lipinski definition) is 3. The highest BCUT2D eigenvalue weighted by molar-refractivity contribution is 5.75. The predicted molar refractivity (Wildman–Crippen MR) is 77.9 cm³/mol. The van der Waals surface area contributed by atoms with E-state index in [1.807, 2.05) is 12.3 Å². The lowest BCUT2D eigenvalue weighted by atomic mass is 10.1. The molecule has 19 heavy (non-hydrogen) atoms. The minimum Gasteiger partial charge on any atom is -0.384 e. The fourth-order valence-electron chi connectivity index (χ4n) is 2.56. The van der Waals surface area contributed by atoms with Crippen LogP contribution < -0.4 is 11.1 Å². The first-order valence-electron chi connectivity index (χ1n) is 6.98. The molecule has 0 saturated carbocycles. The SMILES string of the molecule is NC1CCCCCNc2ccccc2-c2cnc1[nH]2. The van der Waals surface area contributed by atoms with E-state index < -0.39 is 0 Å². The number of nitrogens with one attached hydrogen (secondary N) is 2. The van der Waals surface area contributed by atoms with Crippen molar-refractivity contribution in [1.82, 2.24) is 9.97 Å². The normalized spacial score (nSPS) is 19.7. The van der Waals surface area contributed by atoms with E-state index in [1.165, 1.54) is 12.8 Å². The fourth-order valence-corrected chi connectivity index (χ4v) is 2.56. The van der Waals surface area contributed by atoms with Crippen molar-refractivity contribution < 1.29 is 0 Å². The van der Waals surface area contributed by atoms with Gasteiger partial charge in [0.15, 0.2) is 0 Å². The van der Waals surface area contributed by atoms with Gasteiger partial charge in [-0.1, -0.05) is 31.0 Å². The maximum Gasteiger partial charge on any atom is 0.123 e. The highest BCUT2D eigenvalue weighted by atomic mass is 15.0. The number of imidazole rings is 1. The summed E-state index contributed by atoms with van der Waals surface area (Å²) in [6, 6.07) is 8.35. The van der Waals surface area contributed by atoms with Crippen molar-refractivity contribution in [3.05, 3.63) is 36.3 Å². The molecule has 2 heterocycles. The Hall–Kier alpha value is -1.81. The molecule has 4 heteroatoms. The lowest BCUT2D eigenvalue weighted by Gasteiger charge is -2.13. The minimum absolute atomic E-state index is 0.0216. The second-order valence-electron chi connectivity index (χ2n) is 5.11. The number of hydrogen-bond acceptors (Lipinski definition) is 3. The summed E-state index contributed by atoms with van der Waals surface area (Å²) in [6.07, 6.45) is 6.42. The Morgan fingerprint density at radius 2 is 2.05 bits per heavy atom. The van der Waals surface area contributed by atoms with E-state index in [1.54, 1.807) is 0 Å². The lowest BCUT2D eigenvalue weighted by molar-refractivity contribution is 0.558. The van der Waals surface area contributed by atoms with Crippen molar-refractivity contribution in [1.29, 1.82) is 0 Å². The molecule has 1 aliphatic rings. The second kappa shape index (κ2) is 5.45. The minimum atomic E-state index is 0.0216. The molecule has 0 amide bonds. The van der Waals surface area contributed by atoms with E-state index >= 15 is 0 Å². The molecule has 1 aliphatic heterocycles. The highest BCUT2D eigenvalue weighted by Crippen LogP contribution is 2.28. The van der Waals surface area contributed by atoms with Gasteiger partial charge in [-0.15, -0.1) is 0 Å².